The van der Waals surface area contributed by atoms with Crippen LogP contribution in [-0.4, -0.2) is 27.5 Å². The van der Waals surface area contributed by atoms with Crippen molar-refractivity contribution in [1.82, 2.24) is 9.78 Å². The first kappa shape index (κ1) is 19.2. The third kappa shape index (κ3) is 3.36. The van der Waals surface area contributed by atoms with E-state index in [1.807, 2.05) is 0 Å². The molecule has 6 heteroatoms. The van der Waals surface area contributed by atoms with E-state index < -0.39 is 5.56 Å². The summed E-state index contributed by atoms with van der Waals surface area (Å²) in [5.74, 6) is 1.27. The van der Waals surface area contributed by atoms with Gasteiger partial charge in [0, 0.05) is 12.6 Å². The number of ether oxygens (including phenoxy) is 1. The normalized spacial score (nSPS) is 34.4. The first-order chi connectivity index (χ1) is 12.2. The Balaban J connectivity index is 1.80. The van der Waals surface area contributed by atoms with Gasteiger partial charge < -0.3 is 15.2 Å². The van der Waals surface area contributed by atoms with E-state index in [0.29, 0.717) is 30.0 Å². The van der Waals surface area contributed by atoms with Crippen LogP contribution in [0.15, 0.2) is 11.0 Å². The lowest BCUT2D eigenvalue weighted by molar-refractivity contribution is -0.0428. The van der Waals surface area contributed by atoms with Gasteiger partial charge in [-0.25, -0.2) is 0 Å². The smallest absolute Gasteiger partial charge is 0.313 e. The van der Waals surface area contributed by atoms with Crippen molar-refractivity contribution < 1.29 is 9.84 Å². The molecule has 0 bridgehead atoms. The summed E-state index contributed by atoms with van der Waals surface area (Å²) in [6, 6.07) is 0.210. The zero-order chi connectivity index (χ0) is 19.1. The van der Waals surface area contributed by atoms with Gasteiger partial charge in [0.15, 0.2) is 6.23 Å². The van der Waals surface area contributed by atoms with Crippen LogP contribution in [0.1, 0.15) is 66.5 Å². The highest BCUT2D eigenvalue weighted by Gasteiger charge is 2.43. The second-order valence-electron chi connectivity index (χ2n) is 8.83. The number of hydrogen-bond donors (Lipinski definition) is 2. The number of nitrogens with one attached hydrogen (secondary N) is 1. The first-order valence-corrected chi connectivity index (χ1v) is 9.92. The first-order valence-electron chi connectivity index (χ1n) is 9.92. The summed E-state index contributed by atoms with van der Waals surface area (Å²) < 4.78 is 6.90. The van der Waals surface area contributed by atoms with E-state index in [1.54, 1.807) is 6.20 Å². The maximum atomic E-state index is 12.6. The second kappa shape index (κ2) is 7.22. The van der Waals surface area contributed by atoms with Crippen molar-refractivity contribution in [1.29, 1.82) is 0 Å². The van der Waals surface area contributed by atoms with Crippen molar-refractivity contribution in [3.63, 3.8) is 0 Å². The van der Waals surface area contributed by atoms with E-state index in [1.165, 1.54) is 4.68 Å². The van der Waals surface area contributed by atoms with Crippen molar-refractivity contribution >= 4 is 5.69 Å². The van der Waals surface area contributed by atoms with Crippen LogP contribution in [0.5, 0.6) is 5.75 Å². The van der Waals surface area contributed by atoms with Crippen LogP contribution < -0.4 is 10.9 Å². The summed E-state index contributed by atoms with van der Waals surface area (Å²) in [5.41, 5.74) is 0.226. The molecule has 1 aromatic heterocycles. The fourth-order valence-corrected chi connectivity index (χ4v) is 4.45. The summed E-state index contributed by atoms with van der Waals surface area (Å²) in [4.78, 5) is 12.6. The molecule has 0 radical (unpaired) electrons. The Morgan fingerprint density at radius 2 is 2.04 bits per heavy atom. The number of nitrogens with zero attached hydrogens (tertiary/aromatic N) is 2. The SMILES string of the molecule is C[C@@H]1[C@@H](C)C(C)(C)[C@@H](C)C[C@H]1Nc1cnn(C2CCCCO2)c(=O)c1O. The van der Waals surface area contributed by atoms with E-state index in [2.05, 4.69) is 45.0 Å². The predicted octanol–water partition coefficient (Wildman–Crippen LogP) is 3.77. The maximum Gasteiger partial charge on any atom is 0.313 e. The molecule has 0 spiro atoms. The predicted molar refractivity (Wildman–Crippen MR) is 102 cm³/mol. The van der Waals surface area contributed by atoms with Crippen LogP contribution in [0.4, 0.5) is 5.69 Å². The number of anilines is 1. The van der Waals surface area contributed by atoms with Gasteiger partial charge in [-0.2, -0.15) is 9.78 Å². The average Bonchev–Trinajstić information content (AvgIpc) is 2.63. The van der Waals surface area contributed by atoms with Crippen LogP contribution >= 0.6 is 0 Å². The summed E-state index contributed by atoms with van der Waals surface area (Å²) in [6.45, 7) is 12.1. The summed E-state index contributed by atoms with van der Waals surface area (Å²) in [6.07, 6.45) is 4.96. The molecule has 6 nitrogen and oxygen atoms in total. The number of hydrogen-bond acceptors (Lipinski definition) is 5. The number of aromatic hydroxyl groups is 1. The number of aromatic nitrogens is 2. The van der Waals surface area contributed by atoms with Gasteiger partial charge in [0.2, 0.25) is 5.75 Å². The second-order valence-corrected chi connectivity index (χ2v) is 8.83. The van der Waals surface area contributed by atoms with Gasteiger partial charge in [-0.3, -0.25) is 4.79 Å². The van der Waals surface area contributed by atoms with Gasteiger partial charge in [-0.15, -0.1) is 0 Å². The minimum Gasteiger partial charge on any atom is -0.502 e. The minimum absolute atomic E-state index is 0.210. The fraction of sp³-hybridized carbons (Fsp3) is 0.800. The van der Waals surface area contributed by atoms with E-state index in [-0.39, 0.29) is 23.4 Å². The lowest BCUT2D eigenvalue weighted by Crippen LogP contribution is -2.48. The van der Waals surface area contributed by atoms with Gasteiger partial charge in [-0.05, 0) is 48.9 Å². The Kier molecular flexibility index (Phi) is 5.33. The lowest BCUT2D eigenvalue weighted by Gasteiger charge is -2.50. The lowest BCUT2D eigenvalue weighted by atomic mass is 9.58. The molecule has 1 saturated carbocycles. The van der Waals surface area contributed by atoms with Crippen LogP contribution in [-0.2, 0) is 4.74 Å². The van der Waals surface area contributed by atoms with Crippen molar-refractivity contribution in [2.24, 2.45) is 23.2 Å². The summed E-state index contributed by atoms with van der Waals surface area (Å²) >= 11 is 0. The average molecular weight is 364 g/mol. The molecule has 1 unspecified atom stereocenters. The van der Waals surface area contributed by atoms with Crippen molar-refractivity contribution in [3.8, 4) is 5.75 Å². The van der Waals surface area contributed by atoms with Gasteiger partial charge in [0.25, 0.3) is 0 Å². The van der Waals surface area contributed by atoms with Gasteiger partial charge in [0.1, 0.15) is 5.69 Å². The highest BCUT2D eigenvalue weighted by Crippen LogP contribution is 2.48. The maximum absolute atomic E-state index is 12.6. The molecule has 3 rings (SSSR count). The Morgan fingerprint density at radius 1 is 1.31 bits per heavy atom. The van der Waals surface area contributed by atoms with Crippen LogP contribution in [0.25, 0.3) is 0 Å². The Hall–Kier alpha value is -1.56. The monoisotopic (exact) mass is 363 g/mol. The molecule has 5 atom stereocenters. The molecule has 1 aliphatic carbocycles. The zero-order valence-corrected chi connectivity index (χ0v) is 16.7. The minimum atomic E-state index is -0.480. The molecular formula is C20H33N3O3. The van der Waals surface area contributed by atoms with E-state index >= 15 is 0 Å². The van der Waals surface area contributed by atoms with Crippen molar-refractivity contribution in [2.75, 3.05) is 11.9 Å². The molecule has 1 saturated heterocycles. The highest BCUT2D eigenvalue weighted by atomic mass is 16.5. The van der Waals surface area contributed by atoms with Gasteiger partial charge in [0.05, 0.1) is 6.20 Å². The molecule has 1 aromatic rings. The summed E-state index contributed by atoms with van der Waals surface area (Å²) in [7, 11) is 0. The molecule has 2 N–H and O–H groups in total. The quantitative estimate of drug-likeness (QED) is 0.855. The molecule has 2 fully saturated rings. The van der Waals surface area contributed by atoms with Crippen molar-refractivity contribution in [2.45, 2.75) is 72.6 Å². The molecule has 146 valence electrons. The fourth-order valence-electron chi connectivity index (χ4n) is 4.45. The molecule has 2 aliphatic rings. The van der Waals surface area contributed by atoms with Crippen LogP contribution in [0.3, 0.4) is 0 Å². The number of rotatable bonds is 3. The highest BCUT2D eigenvalue weighted by molar-refractivity contribution is 5.53. The van der Waals surface area contributed by atoms with E-state index in [4.69, 9.17) is 4.74 Å². The van der Waals surface area contributed by atoms with Gasteiger partial charge >= 0.3 is 5.56 Å². The van der Waals surface area contributed by atoms with Crippen molar-refractivity contribution in [3.05, 3.63) is 16.6 Å². The molecule has 26 heavy (non-hydrogen) atoms. The summed E-state index contributed by atoms with van der Waals surface area (Å²) in [5, 5.41) is 18.1. The molecule has 0 aromatic carbocycles. The molecule has 0 amide bonds. The topological polar surface area (TPSA) is 76.4 Å². The Labute approximate surface area is 155 Å². The molecule has 1 aliphatic heterocycles. The van der Waals surface area contributed by atoms with Crippen LogP contribution in [0, 0.1) is 23.2 Å². The molecule has 2 heterocycles. The largest absolute Gasteiger partial charge is 0.502 e. The Morgan fingerprint density at radius 3 is 2.69 bits per heavy atom. The zero-order valence-electron chi connectivity index (χ0n) is 16.7. The standard InChI is InChI=1S/C20H33N3O3/c1-12-10-15(13(2)14(3)20(12,4)5)22-16-11-21-23(19(25)18(16)24)17-8-6-7-9-26-17/h11-15,17,22,24H,6-10H2,1-5H3/t12-,13+,14+,15+,17?/m0/s1. The Bertz CT molecular complexity index is 694. The van der Waals surface area contributed by atoms with E-state index in [0.717, 1.165) is 25.7 Å². The van der Waals surface area contributed by atoms with E-state index in [9.17, 15) is 9.90 Å². The van der Waals surface area contributed by atoms with Crippen LogP contribution in [0.2, 0.25) is 0 Å². The third-order valence-electron chi connectivity index (χ3n) is 7.22. The molecular weight excluding hydrogens is 330 g/mol. The third-order valence-corrected chi connectivity index (χ3v) is 7.22. The van der Waals surface area contributed by atoms with Gasteiger partial charge in [-0.1, -0.05) is 34.6 Å².